The van der Waals surface area contributed by atoms with Gasteiger partial charge in [-0.25, -0.2) is 4.79 Å². The molecule has 0 aromatic heterocycles. The van der Waals surface area contributed by atoms with E-state index in [-0.39, 0.29) is 0 Å². The second kappa shape index (κ2) is 4.21. The van der Waals surface area contributed by atoms with Crippen molar-refractivity contribution in [3.8, 4) is 5.75 Å². The van der Waals surface area contributed by atoms with E-state index >= 15 is 0 Å². The molecule has 82 valence electrons. The van der Waals surface area contributed by atoms with Crippen molar-refractivity contribution in [2.45, 2.75) is 13.8 Å². The molecule has 0 aliphatic carbocycles. The third-order valence-electron chi connectivity index (χ3n) is 2.25. The number of methoxy groups -OCH3 is 1. The van der Waals surface area contributed by atoms with Crippen LogP contribution in [0, 0.1) is 13.8 Å². The molecule has 1 amide bonds. The van der Waals surface area contributed by atoms with Gasteiger partial charge in [-0.15, -0.1) is 0 Å². The molecule has 4 nitrogen and oxygen atoms in total. The van der Waals surface area contributed by atoms with Gasteiger partial charge in [-0.1, -0.05) is 6.07 Å². The van der Waals surface area contributed by atoms with Gasteiger partial charge in [-0.05, 0) is 31.0 Å². The van der Waals surface area contributed by atoms with Gasteiger partial charge in [0.05, 0.1) is 12.8 Å². The van der Waals surface area contributed by atoms with Gasteiger partial charge in [0.25, 0.3) is 0 Å². The molecular formula is C11H15NO3. The zero-order valence-electron chi connectivity index (χ0n) is 9.37. The molecule has 0 saturated heterocycles. The van der Waals surface area contributed by atoms with E-state index in [1.165, 1.54) is 14.2 Å². The lowest BCUT2D eigenvalue weighted by molar-refractivity contribution is 0.203. The average Bonchev–Trinajstić information content (AvgIpc) is 2.15. The summed E-state index contributed by atoms with van der Waals surface area (Å²) < 4.78 is 5.20. The molecule has 15 heavy (non-hydrogen) atoms. The maximum Gasteiger partial charge on any atom is 0.411 e. The minimum Gasteiger partial charge on any atom is -0.494 e. The van der Waals surface area contributed by atoms with Crippen LogP contribution in [0.25, 0.3) is 0 Å². The highest BCUT2D eigenvalue weighted by atomic mass is 16.5. The van der Waals surface area contributed by atoms with Crippen LogP contribution in [0.3, 0.4) is 0 Å². The number of hydrogen-bond acceptors (Lipinski definition) is 2. The first kappa shape index (κ1) is 11.4. The smallest absolute Gasteiger partial charge is 0.411 e. The molecule has 0 aliphatic rings. The molecule has 4 heteroatoms. The van der Waals surface area contributed by atoms with Gasteiger partial charge < -0.3 is 9.84 Å². The SMILES string of the molecule is COc1c(C)cc(C)cc1N(C)C(=O)O. The fourth-order valence-electron chi connectivity index (χ4n) is 1.55. The Balaban J connectivity index is 3.32. The van der Waals surface area contributed by atoms with Crippen LogP contribution in [0.5, 0.6) is 5.75 Å². The van der Waals surface area contributed by atoms with E-state index in [0.29, 0.717) is 11.4 Å². The van der Waals surface area contributed by atoms with Crippen molar-refractivity contribution in [2.24, 2.45) is 0 Å². The number of nitrogens with zero attached hydrogens (tertiary/aromatic N) is 1. The van der Waals surface area contributed by atoms with Crippen molar-refractivity contribution >= 4 is 11.8 Å². The van der Waals surface area contributed by atoms with E-state index in [0.717, 1.165) is 16.0 Å². The number of hydrogen-bond donors (Lipinski definition) is 1. The predicted octanol–water partition coefficient (Wildman–Crippen LogP) is 2.43. The molecule has 0 radical (unpaired) electrons. The van der Waals surface area contributed by atoms with Crippen LogP contribution in [-0.2, 0) is 0 Å². The molecule has 0 spiro atoms. The first-order valence-corrected chi connectivity index (χ1v) is 4.59. The molecule has 0 atom stereocenters. The van der Waals surface area contributed by atoms with Gasteiger partial charge in [0.2, 0.25) is 0 Å². The lowest BCUT2D eigenvalue weighted by Gasteiger charge is -2.19. The van der Waals surface area contributed by atoms with Crippen LogP contribution < -0.4 is 9.64 Å². The van der Waals surface area contributed by atoms with Crippen molar-refractivity contribution in [3.05, 3.63) is 23.3 Å². The van der Waals surface area contributed by atoms with Crippen LogP contribution >= 0.6 is 0 Å². The van der Waals surface area contributed by atoms with Crippen molar-refractivity contribution in [1.29, 1.82) is 0 Å². The topological polar surface area (TPSA) is 49.8 Å². The Kier molecular flexibility index (Phi) is 3.19. The minimum atomic E-state index is -1.00. The lowest BCUT2D eigenvalue weighted by Crippen LogP contribution is -2.24. The Bertz CT molecular complexity index is 388. The van der Waals surface area contributed by atoms with Crippen molar-refractivity contribution in [3.63, 3.8) is 0 Å². The standard InChI is InChI=1S/C11H15NO3/c1-7-5-8(2)10(15-4)9(6-7)12(3)11(13)14/h5-6H,1-4H3,(H,13,14). The third-order valence-corrected chi connectivity index (χ3v) is 2.25. The van der Waals surface area contributed by atoms with Gasteiger partial charge in [0.1, 0.15) is 5.75 Å². The number of carbonyl (C=O) groups is 1. The van der Waals surface area contributed by atoms with Crippen LogP contribution in [0.1, 0.15) is 11.1 Å². The van der Waals surface area contributed by atoms with Crippen LogP contribution in [0.4, 0.5) is 10.5 Å². The van der Waals surface area contributed by atoms with Gasteiger partial charge in [-0.2, -0.15) is 0 Å². The van der Waals surface area contributed by atoms with E-state index in [2.05, 4.69) is 0 Å². The Morgan fingerprint density at radius 3 is 2.47 bits per heavy atom. The normalized spacial score (nSPS) is 9.87. The fourth-order valence-corrected chi connectivity index (χ4v) is 1.55. The first-order valence-electron chi connectivity index (χ1n) is 4.59. The number of aryl methyl sites for hydroxylation is 2. The monoisotopic (exact) mass is 209 g/mol. The Labute approximate surface area is 89.1 Å². The van der Waals surface area contributed by atoms with Crippen LogP contribution in [0.2, 0.25) is 0 Å². The number of carboxylic acid groups (broad SMARTS) is 1. The summed E-state index contributed by atoms with van der Waals surface area (Å²) in [6.45, 7) is 3.82. The van der Waals surface area contributed by atoms with Gasteiger partial charge in [-0.3, -0.25) is 4.90 Å². The third kappa shape index (κ3) is 2.21. The molecule has 1 N–H and O–H groups in total. The molecule has 0 aliphatic heterocycles. The molecule has 0 saturated carbocycles. The van der Waals surface area contributed by atoms with Crippen LogP contribution in [0.15, 0.2) is 12.1 Å². The summed E-state index contributed by atoms with van der Waals surface area (Å²) in [5, 5.41) is 8.91. The number of anilines is 1. The van der Waals surface area contributed by atoms with Crippen LogP contribution in [-0.4, -0.2) is 25.4 Å². The Hall–Kier alpha value is -1.71. The molecule has 0 fully saturated rings. The lowest BCUT2D eigenvalue weighted by atomic mass is 10.1. The van der Waals surface area contributed by atoms with Crippen molar-refractivity contribution in [1.82, 2.24) is 0 Å². The number of ether oxygens (including phenoxy) is 1. The molecule has 1 aromatic carbocycles. The number of amides is 1. The highest BCUT2D eigenvalue weighted by Crippen LogP contribution is 2.32. The predicted molar refractivity (Wildman–Crippen MR) is 58.9 cm³/mol. The summed E-state index contributed by atoms with van der Waals surface area (Å²) in [6, 6.07) is 3.75. The summed E-state index contributed by atoms with van der Waals surface area (Å²) in [5.74, 6) is 0.602. The second-order valence-electron chi connectivity index (χ2n) is 3.48. The number of benzene rings is 1. The van der Waals surface area contributed by atoms with E-state index in [9.17, 15) is 4.79 Å². The molecule has 1 rings (SSSR count). The van der Waals surface area contributed by atoms with Crippen molar-refractivity contribution in [2.75, 3.05) is 19.1 Å². The average molecular weight is 209 g/mol. The summed E-state index contributed by atoms with van der Waals surface area (Å²) >= 11 is 0. The highest BCUT2D eigenvalue weighted by molar-refractivity contribution is 5.88. The van der Waals surface area contributed by atoms with E-state index in [1.807, 2.05) is 19.9 Å². The van der Waals surface area contributed by atoms with Gasteiger partial charge in [0, 0.05) is 7.05 Å². The van der Waals surface area contributed by atoms with E-state index in [4.69, 9.17) is 9.84 Å². The zero-order valence-corrected chi connectivity index (χ0v) is 9.37. The molecule has 0 unspecified atom stereocenters. The minimum absolute atomic E-state index is 0.572. The molecule has 0 bridgehead atoms. The van der Waals surface area contributed by atoms with Gasteiger partial charge in [0.15, 0.2) is 0 Å². The summed E-state index contributed by atoms with van der Waals surface area (Å²) in [4.78, 5) is 12.0. The summed E-state index contributed by atoms with van der Waals surface area (Å²) in [6.07, 6.45) is -1.00. The van der Waals surface area contributed by atoms with E-state index in [1.54, 1.807) is 6.07 Å². The first-order chi connectivity index (χ1) is 6.97. The highest BCUT2D eigenvalue weighted by Gasteiger charge is 2.15. The second-order valence-corrected chi connectivity index (χ2v) is 3.48. The maximum atomic E-state index is 10.9. The van der Waals surface area contributed by atoms with E-state index < -0.39 is 6.09 Å². The molecule has 1 aromatic rings. The zero-order chi connectivity index (χ0) is 11.6. The Morgan fingerprint density at radius 2 is 2.00 bits per heavy atom. The Morgan fingerprint density at radius 1 is 1.40 bits per heavy atom. The fraction of sp³-hybridized carbons (Fsp3) is 0.364. The van der Waals surface area contributed by atoms with Crippen molar-refractivity contribution < 1.29 is 14.6 Å². The maximum absolute atomic E-state index is 10.9. The summed E-state index contributed by atoms with van der Waals surface area (Å²) in [5.41, 5.74) is 2.51. The molecule has 0 heterocycles. The largest absolute Gasteiger partial charge is 0.494 e. The molecular weight excluding hydrogens is 194 g/mol. The van der Waals surface area contributed by atoms with Gasteiger partial charge >= 0.3 is 6.09 Å². The quantitative estimate of drug-likeness (QED) is 0.813. The summed E-state index contributed by atoms with van der Waals surface area (Å²) in [7, 11) is 3.04. The number of rotatable bonds is 2.